The molecule has 0 aliphatic carbocycles. The molecule has 0 spiro atoms. The molecular formula is C26H21ClN2O4S. The maximum Gasteiger partial charge on any atom is 0.343 e. The summed E-state index contributed by atoms with van der Waals surface area (Å²) < 4.78 is 32.2. The van der Waals surface area contributed by atoms with Gasteiger partial charge in [0.1, 0.15) is 5.75 Å². The molecule has 172 valence electrons. The molecule has 0 aromatic heterocycles. The van der Waals surface area contributed by atoms with E-state index >= 15 is 0 Å². The third kappa shape index (κ3) is 5.37. The van der Waals surface area contributed by atoms with Crippen LogP contribution >= 0.6 is 11.6 Å². The second-order valence-corrected chi connectivity index (χ2v) is 10.2. The number of allylic oxidation sites excluding steroid dienone is 1. The highest BCUT2D eigenvalue weighted by Gasteiger charge is 2.27. The molecule has 0 N–H and O–H groups in total. The van der Waals surface area contributed by atoms with Crippen molar-refractivity contribution in [3.05, 3.63) is 94.5 Å². The van der Waals surface area contributed by atoms with Crippen LogP contribution in [0.2, 0.25) is 5.02 Å². The molecule has 34 heavy (non-hydrogen) atoms. The molecule has 0 radical (unpaired) electrons. The number of rotatable bonds is 6. The summed E-state index contributed by atoms with van der Waals surface area (Å²) in [6.45, 7) is 1.03. The van der Waals surface area contributed by atoms with Crippen LogP contribution in [0.1, 0.15) is 34.3 Å². The van der Waals surface area contributed by atoms with Crippen molar-refractivity contribution in [2.24, 2.45) is 0 Å². The summed E-state index contributed by atoms with van der Waals surface area (Å²) in [6, 6.07) is 21.7. The Balaban J connectivity index is 1.50. The highest BCUT2D eigenvalue weighted by Crippen LogP contribution is 2.24. The van der Waals surface area contributed by atoms with Gasteiger partial charge in [-0.3, -0.25) is 0 Å². The Bertz CT molecular complexity index is 1390. The van der Waals surface area contributed by atoms with E-state index in [4.69, 9.17) is 16.3 Å². The molecule has 8 heteroatoms. The van der Waals surface area contributed by atoms with E-state index in [1.807, 2.05) is 0 Å². The van der Waals surface area contributed by atoms with Gasteiger partial charge in [-0.25, -0.2) is 13.2 Å². The SMILES string of the molecule is N#C/C(=C/c1cccc(OC(=O)c2ccc(S(=O)(=O)N3CCCC3)cc2)c1)c1cccc(Cl)c1. The fourth-order valence-corrected chi connectivity index (χ4v) is 5.38. The first kappa shape index (κ1) is 23.7. The zero-order valence-electron chi connectivity index (χ0n) is 18.1. The van der Waals surface area contributed by atoms with Gasteiger partial charge in [-0.05, 0) is 78.6 Å². The number of nitriles is 1. The first-order valence-corrected chi connectivity index (χ1v) is 12.5. The Kier molecular flexibility index (Phi) is 7.13. The van der Waals surface area contributed by atoms with Gasteiger partial charge in [0.25, 0.3) is 0 Å². The molecule has 1 aliphatic heterocycles. The van der Waals surface area contributed by atoms with Gasteiger partial charge in [-0.2, -0.15) is 9.57 Å². The normalized spacial score (nSPS) is 14.5. The van der Waals surface area contributed by atoms with Crippen molar-refractivity contribution in [3.8, 4) is 11.8 Å². The molecule has 0 amide bonds. The third-order valence-electron chi connectivity index (χ3n) is 5.43. The molecule has 0 saturated carbocycles. The molecule has 1 heterocycles. The van der Waals surface area contributed by atoms with Crippen molar-refractivity contribution in [3.63, 3.8) is 0 Å². The van der Waals surface area contributed by atoms with Crippen LogP contribution in [0.5, 0.6) is 5.75 Å². The molecule has 4 rings (SSSR count). The topological polar surface area (TPSA) is 87.5 Å². The molecule has 3 aromatic rings. The number of hydrogen-bond donors (Lipinski definition) is 0. The number of carbonyl (C=O) groups excluding carboxylic acids is 1. The van der Waals surface area contributed by atoms with E-state index in [0.29, 0.717) is 40.6 Å². The number of nitrogens with zero attached hydrogens (tertiary/aromatic N) is 2. The Labute approximate surface area is 203 Å². The summed E-state index contributed by atoms with van der Waals surface area (Å²) in [5.74, 6) is -0.308. The molecule has 1 fully saturated rings. The second-order valence-electron chi connectivity index (χ2n) is 7.78. The lowest BCUT2D eigenvalue weighted by Crippen LogP contribution is -2.27. The van der Waals surface area contributed by atoms with Crippen LogP contribution in [0.15, 0.2) is 77.7 Å². The van der Waals surface area contributed by atoms with Crippen LogP contribution in [0, 0.1) is 11.3 Å². The van der Waals surface area contributed by atoms with Crippen molar-refractivity contribution in [1.82, 2.24) is 4.31 Å². The van der Waals surface area contributed by atoms with Crippen molar-refractivity contribution in [2.75, 3.05) is 13.1 Å². The van der Waals surface area contributed by atoms with Crippen molar-refractivity contribution in [2.45, 2.75) is 17.7 Å². The van der Waals surface area contributed by atoms with Crippen LogP contribution in [0.3, 0.4) is 0 Å². The second kappa shape index (κ2) is 10.2. The number of hydrogen-bond acceptors (Lipinski definition) is 5. The zero-order chi connectivity index (χ0) is 24.1. The molecule has 0 atom stereocenters. The number of carbonyl (C=O) groups is 1. The van der Waals surface area contributed by atoms with E-state index in [2.05, 4.69) is 6.07 Å². The summed E-state index contributed by atoms with van der Waals surface area (Å²) in [4.78, 5) is 12.8. The predicted molar refractivity (Wildman–Crippen MR) is 131 cm³/mol. The van der Waals surface area contributed by atoms with Gasteiger partial charge in [0.15, 0.2) is 0 Å². The largest absolute Gasteiger partial charge is 0.423 e. The zero-order valence-corrected chi connectivity index (χ0v) is 19.7. The fraction of sp³-hybridized carbons (Fsp3) is 0.154. The van der Waals surface area contributed by atoms with E-state index in [1.165, 1.54) is 28.6 Å². The standard InChI is InChI=1S/C26H21ClN2O4S/c27-23-7-4-6-21(17-23)22(18-28)15-19-5-3-8-24(16-19)33-26(30)20-9-11-25(12-10-20)34(31,32)29-13-1-2-14-29/h3-12,15-17H,1-2,13-14H2/b22-15-. The first-order chi connectivity index (χ1) is 16.4. The number of benzene rings is 3. The predicted octanol–water partition coefficient (Wildman–Crippen LogP) is 5.41. The number of halogens is 1. The molecule has 6 nitrogen and oxygen atoms in total. The highest BCUT2D eigenvalue weighted by atomic mass is 35.5. The lowest BCUT2D eigenvalue weighted by atomic mass is 10.0. The maximum atomic E-state index is 12.7. The lowest BCUT2D eigenvalue weighted by Gasteiger charge is -2.15. The Hall–Kier alpha value is -3.44. The Morgan fingerprint density at radius 2 is 1.68 bits per heavy atom. The highest BCUT2D eigenvalue weighted by molar-refractivity contribution is 7.89. The average Bonchev–Trinajstić information content (AvgIpc) is 3.39. The summed E-state index contributed by atoms with van der Waals surface area (Å²) in [5, 5.41) is 10.1. The molecule has 0 bridgehead atoms. The van der Waals surface area contributed by atoms with Crippen LogP contribution in [-0.2, 0) is 10.0 Å². The quantitative estimate of drug-likeness (QED) is 0.199. The first-order valence-electron chi connectivity index (χ1n) is 10.7. The van der Waals surface area contributed by atoms with Gasteiger partial charge in [0.2, 0.25) is 10.0 Å². The molecular weight excluding hydrogens is 472 g/mol. The molecule has 3 aromatic carbocycles. The van der Waals surface area contributed by atoms with E-state index < -0.39 is 16.0 Å². The summed E-state index contributed by atoms with van der Waals surface area (Å²) in [6.07, 6.45) is 3.39. The van der Waals surface area contributed by atoms with E-state index in [-0.39, 0.29) is 10.5 Å². The van der Waals surface area contributed by atoms with Crippen molar-refractivity contribution in [1.29, 1.82) is 5.26 Å². The Morgan fingerprint density at radius 3 is 2.35 bits per heavy atom. The number of esters is 1. The Morgan fingerprint density at radius 1 is 0.971 bits per heavy atom. The van der Waals surface area contributed by atoms with Crippen molar-refractivity contribution >= 4 is 39.2 Å². The summed E-state index contributed by atoms with van der Waals surface area (Å²) in [7, 11) is -3.55. The summed E-state index contributed by atoms with van der Waals surface area (Å²) in [5.41, 5.74) is 2.01. The summed E-state index contributed by atoms with van der Waals surface area (Å²) >= 11 is 6.03. The van der Waals surface area contributed by atoms with Gasteiger partial charge >= 0.3 is 5.97 Å². The maximum absolute atomic E-state index is 12.7. The molecule has 1 saturated heterocycles. The smallest absolute Gasteiger partial charge is 0.343 e. The van der Waals surface area contributed by atoms with Crippen LogP contribution in [-0.4, -0.2) is 31.8 Å². The number of ether oxygens (including phenoxy) is 1. The van der Waals surface area contributed by atoms with Crippen LogP contribution in [0.4, 0.5) is 0 Å². The van der Waals surface area contributed by atoms with Gasteiger partial charge in [-0.1, -0.05) is 35.9 Å². The number of sulfonamides is 1. The van der Waals surface area contributed by atoms with Gasteiger partial charge in [-0.15, -0.1) is 0 Å². The minimum Gasteiger partial charge on any atom is -0.423 e. The third-order valence-corrected chi connectivity index (χ3v) is 7.58. The average molecular weight is 493 g/mol. The fourth-order valence-electron chi connectivity index (χ4n) is 3.68. The lowest BCUT2D eigenvalue weighted by molar-refractivity contribution is 0.0734. The minimum absolute atomic E-state index is 0.156. The van der Waals surface area contributed by atoms with Gasteiger partial charge in [0.05, 0.1) is 22.1 Å². The molecule has 1 aliphatic rings. The minimum atomic E-state index is -3.55. The molecule has 0 unspecified atom stereocenters. The van der Waals surface area contributed by atoms with Gasteiger partial charge in [0, 0.05) is 18.1 Å². The van der Waals surface area contributed by atoms with Crippen molar-refractivity contribution < 1.29 is 17.9 Å². The van der Waals surface area contributed by atoms with E-state index in [1.54, 1.807) is 54.6 Å². The van der Waals surface area contributed by atoms with Crippen LogP contribution < -0.4 is 4.74 Å². The van der Waals surface area contributed by atoms with E-state index in [0.717, 1.165) is 12.8 Å². The van der Waals surface area contributed by atoms with Gasteiger partial charge < -0.3 is 4.74 Å². The monoisotopic (exact) mass is 492 g/mol. The van der Waals surface area contributed by atoms with E-state index in [9.17, 15) is 18.5 Å². The van der Waals surface area contributed by atoms with Crippen LogP contribution in [0.25, 0.3) is 11.6 Å².